The molecule has 0 unspecified atom stereocenters. The number of para-hydroxylation sites is 1. The van der Waals surface area contributed by atoms with Crippen LogP contribution < -0.4 is 4.74 Å². The number of aromatic nitrogens is 1. The van der Waals surface area contributed by atoms with E-state index in [2.05, 4.69) is 4.98 Å². The van der Waals surface area contributed by atoms with Gasteiger partial charge in [0.15, 0.2) is 11.4 Å². The van der Waals surface area contributed by atoms with E-state index in [-0.39, 0.29) is 11.4 Å². The Morgan fingerprint density at radius 1 is 1.17 bits per heavy atom. The largest absolute Gasteiger partial charge is 0.505 e. The second-order valence-corrected chi connectivity index (χ2v) is 5.47. The molecule has 0 bridgehead atoms. The van der Waals surface area contributed by atoms with Gasteiger partial charge in [-0.25, -0.2) is 9.78 Å². The van der Waals surface area contributed by atoms with E-state index in [0.29, 0.717) is 34.4 Å². The Labute approximate surface area is 139 Å². The van der Waals surface area contributed by atoms with E-state index in [0.717, 1.165) is 5.56 Å². The summed E-state index contributed by atoms with van der Waals surface area (Å²) in [6, 6.07) is 13.0. The van der Waals surface area contributed by atoms with E-state index in [1.165, 1.54) is 0 Å². The van der Waals surface area contributed by atoms with E-state index in [4.69, 9.17) is 4.74 Å². The smallest absolute Gasteiger partial charge is 0.358 e. The molecule has 0 fully saturated rings. The van der Waals surface area contributed by atoms with Gasteiger partial charge >= 0.3 is 5.97 Å². The number of nitrogens with zero attached hydrogens (tertiary/aromatic N) is 1. The number of aromatic hydroxyl groups is 1. The average Bonchev–Trinajstić information content (AvgIpc) is 2.58. The monoisotopic (exact) mass is 323 g/mol. The molecule has 1 aromatic heterocycles. The second-order valence-electron chi connectivity index (χ2n) is 5.47. The predicted molar refractivity (Wildman–Crippen MR) is 91.0 cm³/mol. The summed E-state index contributed by atoms with van der Waals surface area (Å²) in [6.07, 6.45) is 0.624. The van der Waals surface area contributed by atoms with Crippen molar-refractivity contribution in [2.45, 2.75) is 20.3 Å². The molecule has 24 heavy (non-hydrogen) atoms. The van der Waals surface area contributed by atoms with Crippen LogP contribution in [0.2, 0.25) is 0 Å². The minimum atomic E-state index is -1.25. The van der Waals surface area contributed by atoms with Gasteiger partial charge < -0.3 is 14.9 Å². The first-order valence-corrected chi connectivity index (χ1v) is 7.63. The molecule has 3 rings (SSSR count). The van der Waals surface area contributed by atoms with Gasteiger partial charge in [-0.05, 0) is 43.2 Å². The number of hydrogen-bond donors (Lipinski definition) is 2. The molecule has 0 aliphatic rings. The van der Waals surface area contributed by atoms with E-state index < -0.39 is 5.97 Å². The lowest BCUT2D eigenvalue weighted by molar-refractivity contribution is 0.0687. The van der Waals surface area contributed by atoms with Crippen LogP contribution in [0.4, 0.5) is 0 Å². The number of benzene rings is 2. The SMILES string of the molecule is CCc1cc(Oc2ccccc2)cc2c(C)nc(C(=O)O)c(O)c12. The molecule has 0 atom stereocenters. The molecule has 0 aliphatic carbocycles. The Hall–Kier alpha value is -3.08. The zero-order valence-corrected chi connectivity index (χ0v) is 13.4. The van der Waals surface area contributed by atoms with E-state index in [1.54, 1.807) is 13.0 Å². The molecule has 5 nitrogen and oxygen atoms in total. The fourth-order valence-electron chi connectivity index (χ4n) is 2.75. The maximum absolute atomic E-state index is 11.3. The number of carboxylic acid groups (broad SMARTS) is 1. The molecular formula is C19H17NO4. The number of carbonyl (C=O) groups is 1. The van der Waals surface area contributed by atoms with Crippen molar-refractivity contribution in [3.8, 4) is 17.2 Å². The van der Waals surface area contributed by atoms with Crippen molar-refractivity contribution in [1.82, 2.24) is 4.98 Å². The van der Waals surface area contributed by atoms with Crippen LogP contribution in [-0.2, 0) is 6.42 Å². The van der Waals surface area contributed by atoms with E-state index >= 15 is 0 Å². The van der Waals surface area contributed by atoms with Gasteiger partial charge in [-0.15, -0.1) is 0 Å². The third-order valence-electron chi connectivity index (χ3n) is 3.89. The molecule has 0 spiro atoms. The van der Waals surface area contributed by atoms with Gasteiger partial charge in [0.1, 0.15) is 11.5 Å². The number of pyridine rings is 1. The Balaban J connectivity index is 2.21. The first kappa shape index (κ1) is 15.8. The molecule has 0 amide bonds. The van der Waals surface area contributed by atoms with Gasteiger partial charge in [0, 0.05) is 16.5 Å². The van der Waals surface area contributed by atoms with Gasteiger partial charge in [-0.3, -0.25) is 0 Å². The molecule has 0 saturated carbocycles. The number of rotatable bonds is 4. The average molecular weight is 323 g/mol. The molecule has 3 aromatic rings. The summed E-state index contributed by atoms with van der Waals surface area (Å²) in [5.41, 5.74) is 1.02. The second kappa shape index (κ2) is 6.20. The molecule has 2 aromatic carbocycles. The van der Waals surface area contributed by atoms with Crippen LogP contribution in [0.5, 0.6) is 17.2 Å². The highest BCUT2D eigenvalue weighted by molar-refractivity contribution is 6.01. The predicted octanol–water partition coefficient (Wildman–Crippen LogP) is 4.30. The number of aromatic carboxylic acids is 1. The molecule has 0 aliphatic heterocycles. The third-order valence-corrected chi connectivity index (χ3v) is 3.89. The number of aryl methyl sites for hydroxylation is 2. The maximum Gasteiger partial charge on any atom is 0.358 e. The lowest BCUT2D eigenvalue weighted by Gasteiger charge is -2.14. The maximum atomic E-state index is 11.3. The van der Waals surface area contributed by atoms with Crippen LogP contribution >= 0.6 is 0 Å². The summed E-state index contributed by atoms with van der Waals surface area (Å²) in [7, 11) is 0. The van der Waals surface area contributed by atoms with E-state index in [1.807, 2.05) is 43.3 Å². The Morgan fingerprint density at radius 3 is 2.50 bits per heavy atom. The molecule has 1 heterocycles. The zero-order chi connectivity index (χ0) is 17.3. The van der Waals surface area contributed by atoms with Crippen molar-refractivity contribution in [3.63, 3.8) is 0 Å². The van der Waals surface area contributed by atoms with Gasteiger partial charge in [0.05, 0.1) is 0 Å². The van der Waals surface area contributed by atoms with Crippen LogP contribution in [0.25, 0.3) is 10.8 Å². The van der Waals surface area contributed by atoms with Crippen molar-refractivity contribution in [3.05, 3.63) is 59.4 Å². The van der Waals surface area contributed by atoms with Crippen LogP contribution in [0, 0.1) is 6.92 Å². The van der Waals surface area contributed by atoms with Crippen molar-refractivity contribution in [1.29, 1.82) is 0 Å². The van der Waals surface area contributed by atoms with Crippen molar-refractivity contribution in [2.24, 2.45) is 0 Å². The normalized spacial score (nSPS) is 10.8. The van der Waals surface area contributed by atoms with Crippen LogP contribution in [-0.4, -0.2) is 21.2 Å². The van der Waals surface area contributed by atoms with Crippen molar-refractivity contribution >= 4 is 16.7 Å². The Morgan fingerprint density at radius 2 is 1.88 bits per heavy atom. The van der Waals surface area contributed by atoms with Crippen molar-refractivity contribution in [2.75, 3.05) is 0 Å². The molecule has 122 valence electrons. The Kier molecular flexibility index (Phi) is 4.08. The molecule has 5 heteroatoms. The molecular weight excluding hydrogens is 306 g/mol. The van der Waals surface area contributed by atoms with Crippen LogP contribution in [0.3, 0.4) is 0 Å². The van der Waals surface area contributed by atoms with Gasteiger partial charge in [0.2, 0.25) is 0 Å². The quantitative estimate of drug-likeness (QED) is 0.748. The summed E-state index contributed by atoms with van der Waals surface area (Å²) >= 11 is 0. The molecule has 2 N–H and O–H groups in total. The summed E-state index contributed by atoms with van der Waals surface area (Å²) in [5, 5.41) is 20.8. The zero-order valence-electron chi connectivity index (χ0n) is 13.4. The highest BCUT2D eigenvalue weighted by atomic mass is 16.5. The van der Waals surface area contributed by atoms with E-state index in [9.17, 15) is 15.0 Å². The van der Waals surface area contributed by atoms with Crippen LogP contribution in [0.1, 0.15) is 28.7 Å². The lowest BCUT2D eigenvalue weighted by atomic mass is 9.99. The molecule has 0 saturated heterocycles. The number of hydrogen-bond acceptors (Lipinski definition) is 4. The minimum Gasteiger partial charge on any atom is -0.505 e. The van der Waals surface area contributed by atoms with Crippen LogP contribution in [0.15, 0.2) is 42.5 Å². The Bertz CT molecular complexity index is 920. The minimum absolute atomic E-state index is 0.300. The van der Waals surface area contributed by atoms with Gasteiger partial charge in [0.25, 0.3) is 0 Å². The summed E-state index contributed by atoms with van der Waals surface area (Å²) in [5.74, 6) is -0.218. The van der Waals surface area contributed by atoms with Gasteiger partial charge in [-0.2, -0.15) is 0 Å². The summed E-state index contributed by atoms with van der Waals surface area (Å²) in [6.45, 7) is 3.66. The standard InChI is InChI=1S/C19H17NO4/c1-3-12-9-14(24-13-7-5-4-6-8-13)10-15-11(2)20-17(19(22)23)18(21)16(12)15/h4-10,21H,3H2,1-2H3,(H,22,23). The number of ether oxygens (including phenoxy) is 1. The number of carboxylic acids is 1. The van der Waals surface area contributed by atoms with Gasteiger partial charge in [-0.1, -0.05) is 25.1 Å². The highest BCUT2D eigenvalue weighted by Gasteiger charge is 2.19. The first-order chi connectivity index (χ1) is 11.5. The highest BCUT2D eigenvalue weighted by Crippen LogP contribution is 2.36. The first-order valence-electron chi connectivity index (χ1n) is 7.63. The fraction of sp³-hybridized carbons (Fsp3) is 0.158. The summed E-state index contributed by atoms with van der Waals surface area (Å²) < 4.78 is 5.88. The fourth-order valence-corrected chi connectivity index (χ4v) is 2.75. The topological polar surface area (TPSA) is 79.7 Å². The van der Waals surface area contributed by atoms with Crippen molar-refractivity contribution < 1.29 is 19.7 Å². The summed E-state index contributed by atoms with van der Waals surface area (Å²) in [4.78, 5) is 15.3. The number of fused-ring (bicyclic) bond motifs is 1. The molecule has 0 radical (unpaired) electrons. The lowest BCUT2D eigenvalue weighted by Crippen LogP contribution is -2.04. The third kappa shape index (κ3) is 2.76.